The van der Waals surface area contributed by atoms with Crippen molar-refractivity contribution in [2.24, 2.45) is 5.92 Å². The highest BCUT2D eigenvalue weighted by Gasteiger charge is 2.28. The second-order valence-corrected chi connectivity index (χ2v) is 2.65. The molecule has 0 aromatic carbocycles. The fourth-order valence-corrected chi connectivity index (χ4v) is 0.956. The van der Waals surface area contributed by atoms with Crippen LogP contribution in [-0.4, -0.2) is 17.5 Å². The Morgan fingerprint density at radius 2 is 2.33 bits per heavy atom. The number of carbonyl (C=O) groups is 1. The van der Waals surface area contributed by atoms with E-state index in [1.54, 1.807) is 0 Å². The van der Waals surface area contributed by atoms with Crippen LogP contribution in [0.4, 0.5) is 0 Å². The number of aldehydes is 1. The molecule has 9 heavy (non-hydrogen) atoms. The van der Waals surface area contributed by atoms with E-state index in [1.165, 1.54) is 0 Å². The first kappa shape index (κ1) is 6.75. The van der Waals surface area contributed by atoms with Gasteiger partial charge in [0, 0.05) is 6.42 Å². The lowest BCUT2D eigenvalue weighted by molar-refractivity contribution is -0.108. The van der Waals surface area contributed by atoms with Gasteiger partial charge in [0.25, 0.3) is 0 Å². The van der Waals surface area contributed by atoms with E-state index in [2.05, 4.69) is 0 Å². The van der Waals surface area contributed by atoms with E-state index in [0.29, 0.717) is 18.8 Å². The molecule has 0 unspecified atom stereocenters. The molecular formula is C7H12O2. The van der Waals surface area contributed by atoms with E-state index >= 15 is 0 Å². The summed E-state index contributed by atoms with van der Waals surface area (Å²) in [4.78, 5) is 9.84. The molecule has 52 valence electrons. The van der Waals surface area contributed by atoms with Gasteiger partial charge in [0.1, 0.15) is 6.29 Å². The molecule has 1 aliphatic rings. The average molecular weight is 128 g/mol. The van der Waals surface area contributed by atoms with Gasteiger partial charge in [-0.3, -0.25) is 0 Å². The van der Waals surface area contributed by atoms with Crippen molar-refractivity contribution < 1.29 is 9.90 Å². The van der Waals surface area contributed by atoms with E-state index in [4.69, 9.17) is 5.11 Å². The normalized spacial score (nSPS) is 21.4. The van der Waals surface area contributed by atoms with Crippen molar-refractivity contribution in [2.75, 3.05) is 0 Å². The van der Waals surface area contributed by atoms with Crippen LogP contribution in [0.2, 0.25) is 0 Å². The fraction of sp³-hybridized carbons (Fsp3) is 0.857. The maximum Gasteiger partial charge on any atom is 0.120 e. The lowest BCUT2D eigenvalue weighted by atomic mass is 10.1. The Kier molecular flexibility index (Phi) is 2.22. The third-order valence-electron chi connectivity index (χ3n) is 1.75. The van der Waals surface area contributed by atoms with E-state index in [-0.39, 0.29) is 6.10 Å². The zero-order valence-electron chi connectivity index (χ0n) is 5.42. The minimum atomic E-state index is -0.199. The molecule has 0 aliphatic heterocycles. The smallest absolute Gasteiger partial charge is 0.120 e. The third-order valence-corrected chi connectivity index (χ3v) is 1.75. The van der Waals surface area contributed by atoms with Crippen LogP contribution in [0.5, 0.6) is 0 Å². The van der Waals surface area contributed by atoms with Gasteiger partial charge < -0.3 is 9.90 Å². The number of rotatable bonds is 4. The SMILES string of the molecule is O=CCC[C@@H](O)C1CC1. The van der Waals surface area contributed by atoms with Crippen molar-refractivity contribution in [1.82, 2.24) is 0 Å². The summed E-state index contributed by atoms with van der Waals surface area (Å²) in [5.74, 6) is 0.518. The van der Waals surface area contributed by atoms with Crippen molar-refractivity contribution in [3.63, 3.8) is 0 Å². The maximum atomic E-state index is 9.84. The quantitative estimate of drug-likeness (QED) is 0.567. The van der Waals surface area contributed by atoms with Crippen LogP contribution < -0.4 is 0 Å². The lowest BCUT2D eigenvalue weighted by Gasteiger charge is -2.03. The van der Waals surface area contributed by atoms with Crippen molar-refractivity contribution >= 4 is 6.29 Å². The second kappa shape index (κ2) is 2.97. The largest absolute Gasteiger partial charge is 0.393 e. The molecule has 1 fully saturated rings. The van der Waals surface area contributed by atoms with Crippen LogP contribution in [0.3, 0.4) is 0 Å². The van der Waals surface area contributed by atoms with E-state index in [1.807, 2.05) is 0 Å². The predicted octanol–water partition coefficient (Wildman–Crippen LogP) is 0.736. The van der Waals surface area contributed by atoms with Gasteiger partial charge in [0.05, 0.1) is 6.10 Å². The van der Waals surface area contributed by atoms with Crippen LogP contribution in [0.1, 0.15) is 25.7 Å². The van der Waals surface area contributed by atoms with Gasteiger partial charge in [0.15, 0.2) is 0 Å². The van der Waals surface area contributed by atoms with Gasteiger partial charge in [-0.1, -0.05) is 0 Å². The van der Waals surface area contributed by atoms with Gasteiger partial charge in [-0.15, -0.1) is 0 Å². The summed E-state index contributed by atoms with van der Waals surface area (Å²) >= 11 is 0. The fourth-order valence-electron chi connectivity index (χ4n) is 0.956. The molecule has 0 aromatic heterocycles. The lowest BCUT2D eigenvalue weighted by Crippen LogP contribution is -2.08. The van der Waals surface area contributed by atoms with Gasteiger partial charge in [-0.25, -0.2) is 0 Å². The maximum absolute atomic E-state index is 9.84. The number of aliphatic hydroxyl groups is 1. The van der Waals surface area contributed by atoms with E-state index < -0.39 is 0 Å². The first-order chi connectivity index (χ1) is 4.34. The van der Waals surface area contributed by atoms with Crippen LogP contribution >= 0.6 is 0 Å². The van der Waals surface area contributed by atoms with Gasteiger partial charge in [-0.05, 0) is 25.2 Å². The molecule has 0 spiro atoms. The molecule has 0 amide bonds. The van der Waals surface area contributed by atoms with Crippen molar-refractivity contribution in [2.45, 2.75) is 31.8 Å². The summed E-state index contributed by atoms with van der Waals surface area (Å²) in [5, 5.41) is 9.16. The number of aliphatic hydroxyl groups excluding tert-OH is 1. The molecule has 2 nitrogen and oxygen atoms in total. The summed E-state index contributed by atoms with van der Waals surface area (Å²) in [6, 6.07) is 0. The molecule has 1 N–H and O–H groups in total. The highest BCUT2D eigenvalue weighted by atomic mass is 16.3. The van der Waals surface area contributed by atoms with Gasteiger partial charge >= 0.3 is 0 Å². The van der Waals surface area contributed by atoms with E-state index in [0.717, 1.165) is 19.1 Å². The Morgan fingerprint density at radius 1 is 1.67 bits per heavy atom. The molecule has 1 atom stereocenters. The predicted molar refractivity (Wildman–Crippen MR) is 34.0 cm³/mol. The highest BCUT2D eigenvalue weighted by molar-refractivity contribution is 5.49. The van der Waals surface area contributed by atoms with Gasteiger partial charge in [0.2, 0.25) is 0 Å². The third kappa shape index (κ3) is 2.14. The molecule has 2 heteroatoms. The van der Waals surface area contributed by atoms with Gasteiger partial charge in [-0.2, -0.15) is 0 Å². The summed E-state index contributed by atoms with van der Waals surface area (Å²) in [6.45, 7) is 0. The zero-order valence-corrected chi connectivity index (χ0v) is 5.42. The highest BCUT2D eigenvalue weighted by Crippen LogP contribution is 2.34. The Labute approximate surface area is 54.9 Å². The second-order valence-electron chi connectivity index (χ2n) is 2.65. The zero-order chi connectivity index (χ0) is 6.69. The first-order valence-corrected chi connectivity index (χ1v) is 3.46. The van der Waals surface area contributed by atoms with Crippen molar-refractivity contribution in [3.8, 4) is 0 Å². The molecule has 1 saturated carbocycles. The monoisotopic (exact) mass is 128 g/mol. The minimum Gasteiger partial charge on any atom is -0.393 e. The van der Waals surface area contributed by atoms with Crippen molar-refractivity contribution in [3.05, 3.63) is 0 Å². The van der Waals surface area contributed by atoms with Crippen LogP contribution in [0, 0.1) is 5.92 Å². The van der Waals surface area contributed by atoms with Crippen LogP contribution in [-0.2, 0) is 4.79 Å². The molecule has 0 saturated heterocycles. The van der Waals surface area contributed by atoms with E-state index in [9.17, 15) is 4.79 Å². The minimum absolute atomic E-state index is 0.199. The Balaban J connectivity index is 2.02. The Bertz CT molecular complexity index is 97.1. The van der Waals surface area contributed by atoms with Crippen LogP contribution in [0.15, 0.2) is 0 Å². The molecular weight excluding hydrogens is 116 g/mol. The summed E-state index contributed by atoms with van der Waals surface area (Å²) in [7, 11) is 0. The first-order valence-electron chi connectivity index (χ1n) is 3.46. The Hall–Kier alpha value is -0.370. The summed E-state index contributed by atoms with van der Waals surface area (Å²) in [6.07, 6.45) is 4.15. The molecule has 0 bridgehead atoms. The summed E-state index contributed by atoms with van der Waals surface area (Å²) in [5.41, 5.74) is 0. The Morgan fingerprint density at radius 3 is 2.78 bits per heavy atom. The van der Waals surface area contributed by atoms with Crippen molar-refractivity contribution in [1.29, 1.82) is 0 Å². The molecule has 0 aromatic rings. The molecule has 1 aliphatic carbocycles. The molecule has 0 radical (unpaired) electrons. The molecule has 0 heterocycles. The number of hydrogen-bond donors (Lipinski definition) is 1. The number of carbonyl (C=O) groups excluding carboxylic acids is 1. The number of hydrogen-bond acceptors (Lipinski definition) is 2. The average Bonchev–Trinajstić information content (AvgIpc) is 2.63. The summed E-state index contributed by atoms with van der Waals surface area (Å²) < 4.78 is 0. The molecule has 1 rings (SSSR count). The standard InChI is InChI=1S/C7H12O2/c8-5-1-2-7(9)6-3-4-6/h5-7,9H,1-4H2/t7-/m1/s1. The topological polar surface area (TPSA) is 37.3 Å². The van der Waals surface area contributed by atoms with Crippen LogP contribution in [0.25, 0.3) is 0 Å².